The lowest BCUT2D eigenvalue weighted by atomic mass is 9.88. The minimum atomic E-state index is -3.44. The van der Waals surface area contributed by atoms with Gasteiger partial charge in [0.15, 0.2) is 0 Å². The molecule has 2 N–H and O–H groups in total. The van der Waals surface area contributed by atoms with Gasteiger partial charge in [0.1, 0.15) is 5.84 Å². The van der Waals surface area contributed by atoms with Gasteiger partial charge < -0.3 is 15.3 Å². The molecule has 9 heteroatoms. The van der Waals surface area contributed by atoms with Crippen molar-refractivity contribution in [1.82, 2.24) is 10.2 Å². The fraction of sp³-hybridized carbons (Fsp3) is 0.533. The molecule has 24 heavy (non-hydrogen) atoms. The first-order chi connectivity index (χ1) is 11.2. The quantitative estimate of drug-likeness (QED) is 0.722. The van der Waals surface area contributed by atoms with Crippen LogP contribution in [0.3, 0.4) is 0 Å². The first kappa shape index (κ1) is 18.2. The highest BCUT2D eigenvalue weighted by atomic mass is 32.2. The molecule has 0 saturated heterocycles. The molecule has 2 rings (SSSR count). The Labute approximate surface area is 141 Å². The number of carbonyl (C=O) groups excluding carboxylic acids is 1. The number of amidine groups is 1. The van der Waals surface area contributed by atoms with Gasteiger partial charge in [0.2, 0.25) is 0 Å². The average molecular weight is 355 g/mol. The van der Waals surface area contributed by atoms with E-state index in [1.807, 2.05) is 13.8 Å². The molecule has 0 aromatic rings. The molecule has 0 spiro atoms. The minimum Gasteiger partial charge on any atom is -0.481 e. The predicted molar refractivity (Wildman–Crippen MR) is 88.9 cm³/mol. The van der Waals surface area contributed by atoms with Gasteiger partial charge in [-0.15, -0.1) is 4.40 Å². The van der Waals surface area contributed by atoms with Crippen LogP contribution in [0.1, 0.15) is 33.1 Å². The van der Waals surface area contributed by atoms with Crippen LogP contribution in [0.4, 0.5) is 0 Å². The highest BCUT2D eigenvalue weighted by molar-refractivity contribution is 7.90. The maximum Gasteiger partial charge on any atom is 0.305 e. The van der Waals surface area contributed by atoms with Gasteiger partial charge in [0.25, 0.3) is 15.9 Å². The van der Waals surface area contributed by atoms with Crippen LogP contribution in [0.25, 0.3) is 0 Å². The van der Waals surface area contributed by atoms with Crippen molar-refractivity contribution in [2.75, 3.05) is 12.3 Å². The number of rotatable bonds is 6. The Morgan fingerprint density at radius 2 is 2.00 bits per heavy atom. The fourth-order valence-corrected chi connectivity index (χ4v) is 3.63. The van der Waals surface area contributed by atoms with Gasteiger partial charge in [0.05, 0.1) is 23.3 Å². The molecule has 0 atom stereocenters. The number of sulfonamides is 1. The number of hydrogen-bond acceptors (Lipinski definition) is 5. The molecule has 0 saturated carbocycles. The Morgan fingerprint density at radius 1 is 1.33 bits per heavy atom. The summed E-state index contributed by atoms with van der Waals surface area (Å²) in [5.74, 6) is -1.19. The van der Waals surface area contributed by atoms with Crippen LogP contribution in [-0.4, -0.2) is 54.0 Å². The standard InChI is InChI=1S/C15H21N3O5S/c1-3-15(4-2,9-13(19)20)16-14(21)11-5-6-12-17-24(22,23)8-7-18(12)10-11/h5-6,10H,3-4,7-9H2,1-2H3,(H,16,21)(H,19,20). The minimum absolute atomic E-state index is 0.109. The van der Waals surface area contributed by atoms with Crippen LogP contribution in [-0.2, 0) is 19.6 Å². The highest BCUT2D eigenvalue weighted by Gasteiger charge is 2.32. The van der Waals surface area contributed by atoms with Crippen LogP contribution >= 0.6 is 0 Å². The molecule has 2 aliphatic rings. The third-order valence-electron chi connectivity index (χ3n) is 4.31. The van der Waals surface area contributed by atoms with E-state index in [1.165, 1.54) is 12.2 Å². The first-order valence-electron chi connectivity index (χ1n) is 7.74. The number of carboxylic acids is 1. The summed E-state index contributed by atoms with van der Waals surface area (Å²) in [6.45, 7) is 3.89. The Morgan fingerprint density at radius 3 is 2.58 bits per heavy atom. The number of amides is 1. The van der Waals surface area contributed by atoms with Crippen molar-refractivity contribution in [2.24, 2.45) is 4.40 Å². The number of aliphatic carboxylic acids is 1. The van der Waals surface area contributed by atoms with E-state index < -0.39 is 21.5 Å². The van der Waals surface area contributed by atoms with Crippen molar-refractivity contribution in [3.63, 3.8) is 0 Å². The SMILES string of the molecule is CCC(CC)(CC(=O)O)NC(=O)C1=CN2CCS(=O)(=O)N=C2C=C1. The second-order valence-electron chi connectivity index (χ2n) is 5.86. The number of nitrogens with one attached hydrogen (secondary N) is 1. The molecule has 8 nitrogen and oxygen atoms in total. The predicted octanol–water partition coefficient (Wildman–Crippen LogP) is 0.634. The van der Waals surface area contributed by atoms with Crippen LogP contribution in [0, 0.1) is 0 Å². The second-order valence-corrected chi connectivity index (χ2v) is 7.61. The van der Waals surface area contributed by atoms with E-state index in [1.54, 1.807) is 11.1 Å². The van der Waals surface area contributed by atoms with Gasteiger partial charge in [-0.05, 0) is 25.0 Å². The summed E-state index contributed by atoms with van der Waals surface area (Å²) in [6, 6.07) is 0. The molecule has 0 radical (unpaired) electrons. The normalized spacial score (nSPS) is 19.2. The second kappa shape index (κ2) is 6.76. The summed E-state index contributed by atoms with van der Waals surface area (Å²) in [5, 5.41) is 11.9. The largest absolute Gasteiger partial charge is 0.481 e. The van der Waals surface area contributed by atoms with Gasteiger partial charge >= 0.3 is 5.97 Å². The third kappa shape index (κ3) is 4.02. The lowest BCUT2D eigenvalue weighted by molar-refractivity contribution is -0.139. The molecule has 0 aromatic carbocycles. The lowest BCUT2D eigenvalue weighted by Crippen LogP contribution is -2.50. The van der Waals surface area contributed by atoms with Crippen molar-refractivity contribution in [3.05, 3.63) is 23.9 Å². The van der Waals surface area contributed by atoms with Gasteiger partial charge in [-0.1, -0.05) is 13.8 Å². The van der Waals surface area contributed by atoms with Crippen molar-refractivity contribution in [1.29, 1.82) is 0 Å². The zero-order valence-corrected chi connectivity index (χ0v) is 14.5. The summed E-state index contributed by atoms with van der Waals surface area (Å²) in [5.41, 5.74) is -0.470. The number of carboxylic acid groups (broad SMARTS) is 1. The van der Waals surface area contributed by atoms with Crippen LogP contribution in [0.2, 0.25) is 0 Å². The zero-order valence-electron chi connectivity index (χ0n) is 13.7. The molecule has 2 heterocycles. The topological polar surface area (TPSA) is 116 Å². The van der Waals surface area contributed by atoms with Gasteiger partial charge in [-0.25, -0.2) is 8.42 Å². The van der Waals surface area contributed by atoms with E-state index in [2.05, 4.69) is 9.71 Å². The maximum atomic E-state index is 12.5. The van der Waals surface area contributed by atoms with E-state index in [0.29, 0.717) is 18.4 Å². The zero-order chi connectivity index (χ0) is 18.0. The smallest absolute Gasteiger partial charge is 0.305 e. The summed E-state index contributed by atoms with van der Waals surface area (Å²) >= 11 is 0. The molecule has 0 aromatic heterocycles. The fourth-order valence-electron chi connectivity index (χ4n) is 2.66. The maximum absolute atomic E-state index is 12.5. The number of hydrogen-bond donors (Lipinski definition) is 2. The molecule has 2 aliphatic heterocycles. The van der Waals surface area contributed by atoms with Crippen molar-refractivity contribution < 1.29 is 23.1 Å². The molecule has 132 valence electrons. The van der Waals surface area contributed by atoms with Crippen LogP contribution < -0.4 is 5.32 Å². The molecular weight excluding hydrogens is 334 g/mol. The van der Waals surface area contributed by atoms with E-state index >= 15 is 0 Å². The summed E-state index contributed by atoms with van der Waals surface area (Å²) < 4.78 is 26.6. The van der Waals surface area contributed by atoms with E-state index in [0.717, 1.165) is 0 Å². The van der Waals surface area contributed by atoms with Gasteiger partial charge in [-0.3, -0.25) is 9.59 Å². The van der Waals surface area contributed by atoms with Crippen molar-refractivity contribution in [3.8, 4) is 0 Å². The van der Waals surface area contributed by atoms with E-state index in [-0.39, 0.29) is 30.5 Å². The average Bonchev–Trinajstić information content (AvgIpc) is 2.52. The molecule has 0 aliphatic carbocycles. The molecule has 0 unspecified atom stereocenters. The monoisotopic (exact) mass is 355 g/mol. The molecule has 0 fully saturated rings. The number of fused-ring (bicyclic) bond motifs is 1. The third-order valence-corrected chi connectivity index (χ3v) is 5.47. The first-order valence-corrected chi connectivity index (χ1v) is 9.35. The van der Waals surface area contributed by atoms with Crippen molar-refractivity contribution >= 4 is 27.7 Å². The summed E-state index contributed by atoms with van der Waals surface area (Å²) in [6.07, 6.45) is 5.34. The molecular formula is C15H21N3O5S. The Kier molecular flexibility index (Phi) is 5.12. The van der Waals surface area contributed by atoms with Gasteiger partial charge in [-0.2, -0.15) is 0 Å². The Bertz CT molecular complexity index is 732. The number of nitrogens with zero attached hydrogens (tertiary/aromatic N) is 2. The highest BCUT2D eigenvalue weighted by Crippen LogP contribution is 2.22. The molecule has 0 bridgehead atoms. The van der Waals surface area contributed by atoms with Crippen LogP contribution in [0.15, 0.2) is 28.3 Å². The lowest BCUT2D eigenvalue weighted by Gasteiger charge is -2.32. The van der Waals surface area contributed by atoms with Crippen LogP contribution in [0.5, 0.6) is 0 Å². The number of carbonyl (C=O) groups is 2. The van der Waals surface area contributed by atoms with Gasteiger partial charge in [0, 0.05) is 12.7 Å². The van der Waals surface area contributed by atoms with E-state index in [9.17, 15) is 18.0 Å². The molecule has 1 amide bonds. The summed E-state index contributed by atoms with van der Waals surface area (Å²) in [4.78, 5) is 25.2. The van der Waals surface area contributed by atoms with Crippen molar-refractivity contribution in [2.45, 2.75) is 38.6 Å². The Balaban J connectivity index is 2.18. The summed E-state index contributed by atoms with van der Waals surface area (Å²) in [7, 11) is -3.44. The van der Waals surface area contributed by atoms with E-state index in [4.69, 9.17) is 5.11 Å². The Hall–Kier alpha value is -2.16.